The van der Waals surface area contributed by atoms with E-state index in [0.29, 0.717) is 5.69 Å². The van der Waals surface area contributed by atoms with Crippen LogP contribution < -0.4 is 5.73 Å². The monoisotopic (exact) mass is 147 g/mol. The average Bonchev–Trinajstić information content (AvgIpc) is 2.14. The first kappa shape index (κ1) is 5.84. The van der Waals surface area contributed by atoms with E-state index in [4.69, 9.17) is 5.73 Å². The summed E-state index contributed by atoms with van der Waals surface area (Å²) in [4.78, 5) is 0. The maximum atomic E-state index is 5.32. The highest BCUT2D eigenvalue weighted by Gasteiger charge is 1.88. The van der Waals surface area contributed by atoms with E-state index in [1.807, 2.05) is 0 Å². The molecule has 0 fully saturated rings. The molecular formula is C3H5N3S2. The smallest absolute Gasteiger partial charge is 0.0730 e. The largest absolute Gasteiger partial charge is 0.396 e. The Morgan fingerprint density at radius 1 is 1.88 bits per heavy atom. The fourth-order valence-electron chi connectivity index (χ4n) is 0.362. The number of nitrogens with zero attached hydrogens (tertiary/aromatic N) is 2. The van der Waals surface area contributed by atoms with E-state index < -0.39 is 0 Å². The van der Waals surface area contributed by atoms with Gasteiger partial charge in [0.05, 0.1) is 18.1 Å². The van der Waals surface area contributed by atoms with Gasteiger partial charge in [-0.15, -0.1) is 0 Å². The predicted octanol–water partition coefficient (Wildman–Crippen LogP) is 0.806. The number of rotatable bonds is 1. The Balaban J connectivity index is 2.84. The first-order valence-corrected chi connectivity index (χ1v) is 3.77. The molecule has 5 heteroatoms. The molecule has 1 aromatic rings. The van der Waals surface area contributed by atoms with Crippen molar-refractivity contribution in [3.05, 3.63) is 12.4 Å². The Hall–Kier alpha value is -0.290. The van der Waals surface area contributed by atoms with Crippen molar-refractivity contribution in [3.63, 3.8) is 0 Å². The van der Waals surface area contributed by atoms with Crippen LogP contribution in [0, 0.1) is 0 Å². The fourth-order valence-corrected chi connectivity index (χ4v) is 0.888. The van der Waals surface area contributed by atoms with Gasteiger partial charge in [0.2, 0.25) is 0 Å². The Morgan fingerprint density at radius 2 is 2.62 bits per heavy atom. The molecular weight excluding hydrogens is 142 g/mol. The van der Waals surface area contributed by atoms with Gasteiger partial charge in [0.25, 0.3) is 0 Å². The molecule has 0 bridgehead atoms. The van der Waals surface area contributed by atoms with E-state index in [-0.39, 0.29) is 0 Å². The molecule has 44 valence electrons. The van der Waals surface area contributed by atoms with Gasteiger partial charge in [-0.2, -0.15) is 5.10 Å². The summed E-state index contributed by atoms with van der Waals surface area (Å²) in [5.41, 5.74) is 5.98. The maximum absolute atomic E-state index is 5.32. The molecule has 0 aliphatic rings. The van der Waals surface area contributed by atoms with Crippen molar-refractivity contribution in [3.8, 4) is 0 Å². The normalized spacial score (nSPS) is 9.62. The molecule has 0 saturated carbocycles. The lowest BCUT2D eigenvalue weighted by Crippen LogP contribution is -1.80. The number of hydrogen-bond acceptors (Lipinski definition) is 4. The molecule has 1 aromatic heterocycles. The number of hydrogen-bond donors (Lipinski definition) is 2. The van der Waals surface area contributed by atoms with E-state index in [9.17, 15) is 0 Å². The van der Waals surface area contributed by atoms with E-state index in [1.165, 1.54) is 11.0 Å². The first-order valence-electron chi connectivity index (χ1n) is 1.95. The zero-order valence-corrected chi connectivity index (χ0v) is 5.69. The van der Waals surface area contributed by atoms with Gasteiger partial charge in [-0.1, -0.05) is 11.7 Å². The van der Waals surface area contributed by atoms with Gasteiger partial charge in [-0.25, -0.2) is 4.09 Å². The molecule has 0 saturated heterocycles. The first-order chi connectivity index (χ1) is 3.83. The predicted molar refractivity (Wildman–Crippen MR) is 38.6 cm³/mol. The number of anilines is 1. The molecule has 0 aliphatic carbocycles. The molecule has 3 nitrogen and oxygen atoms in total. The van der Waals surface area contributed by atoms with Crippen LogP contribution in [-0.4, -0.2) is 9.19 Å². The summed E-state index contributed by atoms with van der Waals surface area (Å²) in [5.74, 6) is 0. The SMILES string of the molecule is Nc1cnn(SS)c1. The van der Waals surface area contributed by atoms with Crippen LogP contribution in [0.5, 0.6) is 0 Å². The van der Waals surface area contributed by atoms with Crippen LogP contribution in [0.15, 0.2) is 12.4 Å². The van der Waals surface area contributed by atoms with Crippen LogP contribution in [0.2, 0.25) is 0 Å². The number of aromatic nitrogens is 2. The number of nitrogens with two attached hydrogens (primary N) is 1. The summed E-state index contributed by atoms with van der Waals surface area (Å²) in [6, 6.07) is 0. The summed E-state index contributed by atoms with van der Waals surface area (Å²) in [7, 11) is 1.21. The zero-order valence-electron chi connectivity index (χ0n) is 3.98. The van der Waals surface area contributed by atoms with E-state index in [0.717, 1.165) is 0 Å². The Morgan fingerprint density at radius 3 is 2.88 bits per heavy atom. The van der Waals surface area contributed by atoms with Crippen LogP contribution in [0.4, 0.5) is 5.69 Å². The minimum absolute atomic E-state index is 0.659. The summed E-state index contributed by atoms with van der Waals surface area (Å²) in [6.07, 6.45) is 3.26. The van der Waals surface area contributed by atoms with Crippen molar-refractivity contribution in [2.75, 3.05) is 5.73 Å². The van der Waals surface area contributed by atoms with Crippen molar-refractivity contribution < 1.29 is 0 Å². The van der Waals surface area contributed by atoms with Crippen LogP contribution >= 0.6 is 22.6 Å². The minimum atomic E-state index is 0.659. The maximum Gasteiger partial charge on any atom is 0.0730 e. The highest BCUT2D eigenvalue weighted by Crippen LogP contribution is 2.09. The molecule has 0 spiro atoms. The van der Waals surface area contributed by atoms with Crippen molar-refractivity contribution in [2.45, 2.75) is 0 Å². The molecule has 1 rings (SSSR count). The van der Waals surface area contributed by atoms with Crippen LogP contribution in [0.1, 0.15) is 0 Å². The van der Waals surface area contributed by atoms with Crippen molar-refractivity contribution >= 4 is 28.3 Å². The third kappa shape index (κ3) is 1.10. The van der Waals surface area contributed by atoms with Gasteiger partial charge < -0.3 is 5.73 Å². The number of nitrogen functional groups attached to an aromatic ring is 1. The van der Waals surface area contributed by atoms with Crippen molar-refractivity contribution in [2.24, 2.45) is 0 Å². The van der Waals surface area contributed by atoms with Gasteiger partial charge in [-0.3, -0.25) is 0 Å². The van der Waals surface area contributed by atoms with Crippen molar-refractivity contribution in [1.82, 2.24) is 9.19 Å². The van der Waals surface area contributed by atoms with Crippen LogP contribution in [0.3, 0.4) is 0 Å². The highest BCUT2D eigenvalue weighted by molar-refractivity contribution is 8.67. The second-order valence-electron chi connectivity index (χ2n) is 1.26. The molecule has 0 atom stereocenters. The molecule has 8 heavy (non-hydrogen) atoms. The second kappa shape index (κ2) is 2.32. The van der Waals surface area contributed by atoms with E-state index in [2.05, 4.69) is 16.8 Å². The zero-order chi connectivity index (χ0) is 5.98. The average molecular weight is 147 g/mol. The molecule has 0 aliphatic heterocycles. The second-order valence-corrected chi connectivity index (χ2v) is 2.29. The van der Waals surface area contributed by atoms with Crippen LogP contribution in [-0.2, 0) is 0 Å². The molecule has 1 heterocycles. The third-order valence-corrected chi connectivity index (χ3v) is 1.53. The lowest BCUT2D eigenvalue weighted by atomic mass is 10.6. The Labute approximate surface area is 56.2 Å². The third-order valence-electron chi connectivity index (χ3n) is 0.664. The molecule has 0 aromatic carbocycles. The highest BCUT2D eigenvalue weighted by atomic mass is 33.1. The lowest BCUT2D eigenvalue weighted by molar-refractivity contribution is 1.02. The van der Waals surface area contributed by atoms with E-state index >= 15 is 0 Å². The lowest BCUT2D eigenvalue weighted by Gasteiger charge is -1.85. The molecule has 0 unspecified atom stereocenters. The van der Waals surface area contributed by atoms with Gasteiger partial charge in [-0.05, 0) is 0 Å². The van der Waals surface area contributed by atoms with Gasteiger partial charge >= 0.3 is 0 Å². The summed E-state index contributed by atoms with van der Waals surface area (Å²) >= 11 is 3.89. The van der Waals surface area contributed by atoms with Gasteiger partial charge in [0, 0.05) is 11.0 Å². The fraction of sp³-hybridized carbons (Fsp3) is 0. The summed E-state index contributed by atoms with van der Waals surface area (Å²) < 4.78 is 1.57. The Kier molecular flexibility index (Phi) is 1.69. The van der Waals surface area contributed by atoms with E-state index in [1.54, 1.807) is 16.5 Å². The van der Waals surface area contributed by atoms with Gasteiger partial charge in [0.1, 0.15) is 0 Å². The Bertz CT molecular complexity index is 173. The van der Waals surface area contributed by atoms with Crippen LogP contribution in [0.25, 0.3) is 0 Å². The van der Waals surface area contributed by atoms with Crippen molar-refractivity contribution in [1.29, 1.82) is 0 Å². The molecule has 2 N–H and O–H groups in total. The quantitative estimate of drug-likeness (QED) is 0.456. The van der Waals surface area contributed by atoms with Gasteiger partial charge in [0.15, 0.2) is 0 Å². The standard InChI is InChI=1S/C3H5N3S2/c4-3-1-5-6(2-3)8-7/h1-2,7H,4H2. The molecule has 0 radical (unpaired) electrons. The minimum Gasteiger partial charge on any atom is -0.396 e. The summed E-state index contributed by atoms with van der Waals surface area (Å²) in [5, 5.41) is 3.81. The topological polar surface area (TPSA) is 43.8 Å². The summed E-state index contributed by atoms with van der Waals surface area (Å²) in [6.45, 7) is 0. The molecule has 0 amide bonds. The number of thiol groups is 1.